The summed E-state index contributed by atoms with van der Waals surface area (Å²) >= 11 is 0. The van der Waals surface area contributed by atoms with Crippen LogP contribution in [0.2, 0.25) is 0 Å². The van der Waals surface area contributed by atoms with Crippen molar-refractivity contribution in [3.63, 3.8) is 0 Å². The molecular formula is C16H25FN2O3S. The lowest BCUT2D eigenvalue weighted by Gasteiger charge is -2.32. The number of ether oxygens (including phenoxy) is 1. The maximum atomic E-state index is 13.6. The normalized spacial score (nSPS) is 17.6. The van der Waals surface area contributed by atoms with E-state index >= 15 is 0 Å². The summed E-state index contributed by atoms with van der Waals surface area (Å²) in [4.78, 5) is 0. The van der Waals surface area contributed by atoms with Crippen LogP contribution in [0.5, 0.6) is 0 Å². The minimum atomic E-state index is -3.28. The van der Waals surface area contributed by atoms with E-state index in [1.54, 1.807) is 18.2 Å². The fourth-order valence-corrected chi connectivity index (χ4v) is 3.93. The second-order valence-electron chi connectivity index (χ2n) is 6.03. The molecule has 130 valence electrons. The van der Waals surface area contributed by atoms with Gasteiger partial charge < -0.3 is 10.1 Å². The number of nitrogens with one attached hydrogen (secondary N) is 1. The molecule has 0 spiro atoms. The number of halogens is 1. The van der Waals surface area contributed by atoms with Crippen molar-refractivity contribution >= 4 is 15.7 Å². The smallest absolute Gasteiger partial charge is 0.216 e. The third-order valence-electron chi connectivity index (χ3n) is 3.87. The number of hydrogen-bond donors (Lipinski definition) is 1. The highest BCUT2D eigenvalue weighted by Gasteiger charge is 2.28. The van der Waals surface area contributed by atoms with Gasteiger partial charge in [-0.2, -0.15) is 0 Å². The Bertz CT molecular complexity index is 599. The van der Waals surface area contributed by atoms with Crippen LogP contribution in [0.25, 0.3) is 0 Å². The van der Waals surface area contributed by atoms with Gasteiger partial charge in [-0.15, -0.1) is 0 Å². The molecule has 7 heteroatoms. The fraction of sp³-hybridized carbons (Fsp3) is 0.625. The van der Waals surface area contributed by atoms with Crippen LogP contribution in [0.3, 0.4) is 0 Å². The summed E-state index contributed by atoms with van der Waals surface area (Å²) in [5.41, 5.74) is 0.471. The van der Waals surface area contributed by atoms with Crippen molar-refractivity contribution in [1.29, 1.82) is 0 Å². The molecule has 2 rings (SSSR count). The molecule has 0 radical (unpaired) electrons. The molecule has 1 aliphatic heterocycles. The molecule has 1 heterocycles. The zero-order chi connectivity index (χ0) is 16.9. The molecule has 1 saturated heterocycles. The lowest BCUT2D eigenvalue weighted by atomic mass is 10.1. The molecule has 0 aliphatic carbocycles. The van der Waals surface area contributed by atoms with Crippen LogP contribution in [0.4, 0.5) is 10.1 Å². The number of sulfonamides is 1. The van der Waals surface area contributed by atoms with E-state index in [4.69, 9.17) is 4.74 Å². The Hall–Kier alpha value is -1.18. The molecule has 0 aromatic heterocycles. The number of piperidine rings is 1. The Balaban J connectivity index is 1.82. The van der Waals surface area contributed by atoms with Crippen LogP contribution >= 0.6 is 0 Å². The molecule has 1 N–H and O–H groups in total. The number of benzene rings is 1. The standard InChI is InChI=1S/C16H25FN2O3S/c1-13(2)22-11-12-23(20,21)19-9-7-14(8-10-19)18-16-6-4-3-5-15(16)17/h3-6,13-14,18H,7-12H2,1-2H3. The fourth-order valence-electron chi connectivity index (χ4n) is 2.59. The van der Waals surface area contributed by atoms with Crippen molar-refractivity contribution in [3.05, 3.63) is 30.1 Å². The van der Waals surface area contributed by atoms with Gasteiger partial charge in [-0.05, 0) is 38.8 Å². The molecular weight excluding hydrogens is 319 g/mol. The van der Waals surface area contributed by atoms with Gasteiger partial charge in [-0.3, -0.25) is 0 Å². The summed E-state index contributed by atoms with van der Waals surface area (Å²) in [6, 6.07) is 6.62. The van der Waals surface area contributed by atoms with Gasteiger partial charge in [0.15, 0.2) is 0 Å². The summed E-state index contributed by atoms with van der Waals surface area (Å²) in [6.45, 7) is 4.89. The number of para-hydroxylation sites is 1. The largest absolute Gasteiger partial charge is 0.380 e. The highest BCUT2D eigenvalue weighted by molar-refractivity contribution is 7.89. The van der Waals surface area contributed by atoms with E-state index in [-0.39, 0.29) is 30.3 Å². The van der Waals surface area contributed by atoms with Crippen molar-refractivity contribution in [2.75, 3.05) is 30.8 Å². The van der Waals surface area contributed by atoms with Crippen molar-refractivity contribution in [1.82, 2.24) is 4.31 Å². The van der Waals surface area contributed by atoms with Crippen LogP contribution in [0.15, 0.2) is 24.3 Å². The van der Waals surface area contributed by atoms with Gasteiger partial charge in [0.25, 0.3) is 0 Å². The Morgan fingerprint density at radius 1 is 1.30 bits per heavy atom. The first-order valence-corrected chi connectivity index (χ1v) is 9.60. The zero-order valence-electron chi connectivity index (χ0n) is 13.7. The van der Waals surface area contributed by atoms with Crippen LogP contribution in [-0.2, 0) is 14.8 Å². The molecule has 1 aliphatic rings. The third kappa shape index (κ3) is 5.44. The molecule has 1 aromatic rings. The summed E-state index contributed by atoms with van der Waals surface area (Å²) < 4.78 is 45.0. The number of anilines is 1. The lowest BCUT2D eigenvalue weighted by molar-refractivity contribution is 0.0905. The molecule has 0 amide bonds. The summed E-state index contributed by atoms with van der Waals surface area (Å²) in [6.07, 6.45) is 1.36. The topological polar surface area (TPSA) is 58.6 Å². The van der Waals surface area contributed by atoms with Gasteiger partial charge in [0.05, 0.1) is 24.2 Å². The molecule has 0 bridgehead atoms. The summed E-state index contributed by atoms with van der Waals surface area (Å²) in [5.74, 6) is -0.273. The van der Waals surface area contributed by atoms with E-state index in [1.807, 2.05) is 13.8 Å². The SMILES string of the molecule is CC(C)OCCS(=O)(=O)N1CCC(Nc2ccccc2F)CC1. The number of hydrogen-bond acceptors (Lipinski definition) is 4. The van der Waals surface area contributed by atoms with Crippen molar-refractivity contribution < 1.29 is 17.5 Å². The predicted octanol–water partition coefficient (Wildman–Crippen LogP) is 2.46. The van der Waals surface area contributed by atoms with Gasteiger partial charge in [-0.1, -0.05) is 12.1 Å². The molecule has 1 aromatic carbocycles. The second kappa shape index (κ2) is 8.08. The van der Waals surface area contributed by atoms with E-state index in [9.17, 15) is 12.8 Å². The first kappa shape index (κ1) is 18.2. The zero-order valence-corrected chi connectivity index (χ0v) is 14.5. The first-order valence-electron chi connectivity index (χ1n) is 7.99. The van der Waals surface area contributed by atoms with E-state index in [0.29, 0.717) is 31.6 Å². The van der Waals surface area contributed by atoms with Gasteiger partial charge >= 0.3 is 0 Å². The number of rotatable bonds is 7. The van der Waals surface area contributed by atoms with E-state index in [2.05, 4.69) is 5.32 Å². The Labute approximate surface area is 137 Å². The number of nitrogens with zero attached hydrogens (tertiary/aromatic N) is 1. The monoisotopic (exact) mass is 344 g/mol. The Morgan fingerprint density at radius 3 is 2.57 bits per heavy atom. The van der Waals surface area contributed by atoms with Crippen LogP contribution < -0.4 is 5.32 Å². The average molecular weight is 344 g/mol. The van der Waals surface area contributed by atoms with Gasteiger partial charge in [-0.25, -0.2) is 17.1 Å². The van der Waals surface area contributed by atoms with Crippen molar-refractivity contribution in [2.45, 2.75) is 38.8 Å². The molecule has 1 fully saturated rings. The lowest BCUT2D eigenvalue weighted by Crippen LogP contribution is -2.43. The van der Waals surface area contributed by atoms with Crippen LogP contribution in [0, 0.1) is 5.82 Å². The molecule has 5 nitrogen and oxygen atoms in total. The maximum Gasteiger partial charge on any atom is 0.216 e. The molecule has 0 saturated carbocycles. The second-order valence-corrected chi connectivity index (χ2v) is 8.12. The molecule has 0 unspecified atom stereocenters. The third-order valence-corrected chi connectivity index (χ3v) is 5.71. The van der Waals surface area contributed by atoms with Crippen molar-refractivity contribution in [2.24, 2.45) is 0 Å². The van der Waals surface area contributed by atoms with Gasteiger partial charge in [0, 0.05) is 19.1 Å². The predicted molar refractivity (Wildman–Crippen MR) is 89.5 cm³/mol. The summed E-state index contributed by atoms with van der Waals surface area (Å²) in [5, 5.41) is 3.16. The minimum Gasteiger partial charge on any atom is -0.380 e. The Kier molecular flexibility index (Phi) is 6.38. The van der Waals surface area contributed by atoms with Gasteiger partial charge in [0.1, 0.15) is 5.82 Å². The minimum absolute atomic E-state index is 0.0105. The molecule has 23 heavy (non-hydrogen) atoms. The van der Waals surface area contributed by atoms with E-state index in [0.717, 1.165) is 0 Å². The maximum absolute atomic E-state index is 13.6. The first-order chi connectivity index (χ1) is 10.9. The van der Waals surface area contributed by atoms with Crippen LogP contribution in [0.1, 0.15) is 26.7 Å². The van der Waals surface area contributed by atoms with Crippen LogP contribution in [-0.4, -0.2) is 50.3 Å². The van der Waals surface area contributed by atoms with E-state index in [1.165, 1.54) is 10.4 Å². The highest BCUT2D eigenvalue weighted by atomic mass is 32.2. The Morgan fingerprint density at radius 2 is 1.96 bits per heavy atom. The quantitative estimate of drug-likeness (QED) is 0.825. The average Bonchev–Trinajstić information content (AvgIpc) is 2.49. The highest BCUT2D eigenvalue weighted by Crippen LogP contribution is 2.20. The molecule has 0 atom stereocenters. The van der Waals surface area contributed by atoms with Crippen molar-refractivity contribution in [3.8, 4) is 0 Å². The van der Waals surface area contributed by atoms with Gasteiger partial charge in [0.2, 0.25) is 10.0 Å². The summed E-state index contributed by atoms with van der Waals surface area (Å²) in [7, 11) is -3.28. The van der Waals surface area contributed by atoms with E-state index < -0.39 is 10.0 Å².